The normalized spacial score (nSPS) is 23.8. The summed E-state index contributed by atoms with van der Waals surface area (Å²) in [4.78, 5) is 23.9. The van der Waals surface area contributed by atoms with E-state index in [0.29, 0.717) is 0 Å². The third-order valence-electron chi connectivity index (χ3n) is 4.92. The number of aromatic nitrogens is 2. The molecule has 0 radical (unpaired) electrons. The molecule has 1 aliphatic rings. The number of rotatable bonds is 3. The first-order valence-corrected chi connectivity index (χ1v) is 10.3. The van der Waals surface area contributed by atoms with E-state index in [9.17, 15) is 22.7 Å². The van der Waals surface area contributed by atoms with Crippen molar-refractivity contribution in [3.8, 4) is 0 Å². The fourth-order valence-corrected chi connectivity index (χ4v) is 4.66. The van der Waals surface area contributed by atoms with Crippen LogP contribution in [0.1, 0.15) is 36.8 Å². The van der Waals surface area contributed by atoms with E-state index in [-0.39, 0.29) is 28.5 Å². The maximum absolute atomic E-state index is 14.5. The van der Waals surface area contributed by atoms with Crippen LogP contribution in [0, 0.1) is 11.8 Å². The van der Waals surface area contributed by atoms with Crippen molar-refractivity contribution in [2.75, 3.05) is 11.1 Å². The van der Waals surface area contributed by atoms with Gasteiger partial charge in [0.05, 0.1) is 23.8 Å². The Kier molecular flexibility index (Phi) is 5.10. The molecule has 0 bridgehead atoms. The number of nitrogens with zero attached hydrogens (tertiary/aromatic N) is 3. The largest absolute Gasteiger partial charge is 0.386 e. The van der Waals surface area contributed by atoms with Gasteiger partial charge in [-0.15, -0.1) is 0 Å². The van der Waals surface area contributed by atoms with Crippen LogP contribution in [0.5, 0.6) is 0 Å². The van der Waals surface area contributed by atoms with Gasteiger partial charge in [0.1, 0.15) is 27.6 Å². The van der Waals surface area contributed by atoms with Crippen molar-refractivity contribution in [1.82, 2.24) is 9.97 Å². The molecule has 11 heteroatoms. The molecule has 0 fully saturated rings. The molecule has 2 aromatic heterocycles. The monoisotopic (exact) mass is 425 g/mol. The summed E-state index contributed by atoms with van der Waals surface area (Å²) in [5, 5.41) is 2.50. The van der Waals surface area contributed by atoms with Crippen molar-refractivity contribution in [2.45, 2.75) is 31.1 Å². The zero-order chi connectivity index (χ0) is 21.6. The number of amides is 1. The molecule has 29 heavy (non-hydrogen) atoms. The van der Waals surface area contributed by atoms with Crippen LogP contribution in [-0.4, -0.2) is 41.3 Å². The van der Waals surface area contributed by atoms with Crippen molar-refractivity contribution in [3.05, 3.63) is 53.6 Å². The van der Waals surface area contributed by atoms with E-state index in [1.165, 1.54) is 19.1 Å². The van der Waals surface area contributed by atoms with E-state index >= 15 is 0 Å². The Balaban J connectivity index is 1.96. The van der Waals surface area contributed by atoms with Crippen molar-refractivity contribution in [1.29, 1.82) is 0 Å². The Bertz CT molecular complexity index is 997. The summed E-state index contributed by atoms with van der Waals surface area (Å²) in [5.41, 5.74) is 4.60. The average molecular weight is 425 g/mol. The fourth-order valence-electron chi connectivity index (χ4n) is 2.91. The summed E-state index contributed by atoms with van der Waals surface area (Å²) in [6.07, 6.45) is 2.00. The lowest BCUT2D eigenvalue weighted by Crippen LogP contribution is -2.52. The van der Waals surface area contributed by atoms with Crippen LogP contribution in [-0.2, 0) is 5.54 Å². The number of nitrogens with two attached hydrogens (primary N) is 1. The third-order valence-corrected chi connectivity index (χ3v) is 7.73. The summed E-state index contributed by atoms with van der Waals surface area (Å²) in [6.45, 7) is 4.62. The topological polar surface area (TPSA) is 134 Å². The molecule has 1 atom stereocenters. The molecule has 1 amide bonds. The molecule has 0 spiro atoms. The number of hydrogen-bond acceptors (Lipinski definition) is 7. The van der Waals surface area contributed by atoms with Crippen LogP contribution in [0.4, 0.5) is 14.5 Å². The van der Waals surface area contributed by atoms with E-state index in [1.807, 2.05) is 0 Å². The van der Waals surface area contributed by atoms with Crippen LogP contribution in [0.15, 0.2) is 35.6 Å². The van der Waals surface area contributed by atoms with Crippen molar-refractivity contribution < 1.29 is 22.7 Å². The Hall–Kier alpha value is -2.63. The molecule has 0 saturated carbocycles. The Labute approximate surface area is 167 Å². The molecule has 8 nitrogen and oxygen atoms in total. The molecule has 3 heterocycles. The molecule has 1 aliphatic heterocycles. The number of aliphatic imine (C=N–C) groups is 1. The predicted octanol–water partition coefficient (Wildman–Crippen LogP) is 3.12. The Morgan fingerprint density at radius 3 is 2.48 bits per heavy atom. The van der Waals surface area contributed by atoms with Crippen LogP contribution in [0.3, 0.4) is 0 Å². The second-order valence-electron chi connectivity index (χ2n) is 7.47. The van der Waals surface area contributed by atoms with Crippen LogP contribution >= 0.6 is 10.6 Å². The number of nitrogens with one attached hydrogen (secondary N) is 1. The van der Waals surface area contributed by atoms with Gasteiger partial charge in [0.25, 0.3) is 5.91 Å². The number of amidine groups is 1. The van der Waals surface area contributed by atoms with Gasteiger partial charge in [0.2, 0.25) is 5.95 Å². The number of carbonyl (C=O) groups excluding carboxylic acids is 1. The van der Waals surface area contributed by atoms with Gasteiger partial charge < -0.3 is 11.1 Å². The third kappa shape index (κ3) is 3.80. The second-order valence-corrected chi connectivity index (χ2v) is 10.1. The van der Waals surface area contributed by atoms with Crippen LogP contribution in [0.2, 0.25) is 0 Å². The maximum atomic E-state index is 14.5. The van der Waals surface area contributed by atoms with E-state index in [4.69, 9.17) is 5.73 Å². The molecule has 156 valence electrons. The fraction of sp³-hybridized carbons (Fsp3) is 0.333. The molecule has 0 unspecified atom stereocenters. The molecular formula is C18H21F2N5O3S. The predicted molar refractivity (Wildman–Crippen MR) is 107 cm³/mol. The maximum Gasteiger partial charge on any atom is 0.274 e. The molecule has 2 aromatic rings. The van der Waals surface area contributed by atoms with E-state index in [0.717, 1.165) is 18.5 Å². The van der Waals surface area contributed by atoms with E-state index < -0.39 is 38.5 Å². The smallest absolute Gasteiger partial charge is 0.274 e. The molecule has 0 saturated heterocycles. The summed E-state index contributed by atoms with van der Waals surface area (Å²) < 4.78 is 47.5. The molecular weight excluding hydrogens is 404 g/mol. The average Bonchev–Trinajstić information content (AvgIpc) is 2.62. The summed E-state index contributed by atoms with van der Waals surface area (Å²) >= 11 is 0. The molecule has 0 aliphatic carbocycles. The first-order valence-electron chi connectivity index (χ1n) is 8.56. The SMILES string of the molecule is CC1(C)C(N)=N[C@](C)(c2cc(NC(=O)c3ccc(F)cn3)cnc2F)CS1(O)O. The second kappa shape index (κ2) is 7.01. The van der Waals surface area contributed by atoms with Crippen molar-refractivity contribution in [3.63, 3.8) is 0 Å². The van der Waals surface area contributed by atoms with E-state index in [2.05, 4.69) is 20.3 Å². The first-order chi connectivity index (χ1) is 13.4. The van der Waals surface area contributed by atoms with Gasteiger partial charge in [-0.3, -0.25) is 18.9 Å². The molecule has 0 aromatic carbocycles. The first kappa shape index (κ1) is 21.1. The van der Waals surface area contributed by atoms with Crippen molar-refractivity contribution >= 4 is 28.0 Å². The zero-order valence-electron chi connectivity index (χ0n) is 16.0. The standard InChI is InChI=1S/C18H21F2N5O3S/c1-17(2)16(21)25-18(3,9-29(17,27)28)12-6-11(8-23-14(12)20)24-15(26)13-5-4-10(19)7-22-13/h4-8,27-28H,9H2,1-3H3,(H2,21,25)(H,24,26)/t18-/m0/s1. The van der Waals surface area contributed by atoms with Gasteiger partial charge in [-0.1, -0.05) is 0 Å². The molecule has 3 rings (SSSR count). The minimum Gasteiger partial charge on any atom is -0.386 e. The summed E-state index contributed by atoms with van der Waals surface area (Å²) in [7, 11) is -3.25. The summed E-state index contributed by atoms with van der Waals surface area (Å²) in [6, 6.07) is 3.59. The highest BCUT2D eigenvalue weighted by atomic mass is 32.3. The number of halogens is 2. The highest BCUT2D eigenvalue weighted by Crippen LogP contribution is 2.59. The summed E-state index contributed by atoms with van der Waals surface area (Å²) in [5.74, 6) is -2.39. The Morgan fingerprint density at radius 2 is 1.90 bits per heavy atom. The van der Waals surface area contributed by atoms with Crippen LogP contribution in [0.25, 0.3) is 0 Å². The lowest BCUT2D eigenvalue weighted by atomic mass is 9.94. The number of carbonyl (C=O) groups is 1. The molecule has 5 N–H and O–H groups in total. The lowest BCUT2D eigenvalue weighted by Gasteiger charge is -2.53. The minimum atomic E-state index is -3.25. The van der Waals surface area contributed by atoms with E-state index in [1.54, 1.807) is 13.8 Å². The quantitative estimate of drug-likeness (QED) is 0.558. The van der Waals surface area contributed by atoms with Gasteiger partial charge in [-0.25, -0.2) is 14.4 Å². The number of hydrogen-bond donors (Lipinski definition) is 4. The lowest BCUT2D eigenvalue weighted by molar-refractivity contribution is 0.102. The van der Waals surface area contributed by atoms with Gasteiger partial charge in [0, 0.05) is 5.56 Å². The number of pyridine rings is 2. The highest BCUT2D eigenvalue weighted by molar-refractivity contribution is 8.26. The van der Waals surface area contributed by atoms with Crippen LogP contribution < -0.4 is 11.1 Å². The van der Waals surface area contributed by atoms with Gasteiger partial charge in [-0.05, 0) is 39.0 Å². The zero-order valence-corrected chi connectivity index (χ0v) is 16.8. The minimum absolute atomic E-state index is 0.0180. The van der Waals surface area contributed by atoms with Gasteiger partial charge in [0.15, 0.2) is 0 Å². The Morgan fingerprint density at radius 1 is 1.21 bits per heavy atom. The highest BCUT2D eigenvalue weighted by Gasteiger charge is 2.49. The number of anilines is 1. The van der Waals surface area contributed by atoms with Gasteiger partial charge in [-0.2, -0.15) is 15.0 Å². The van der Waals surface area contributed by atoms with Crippen molar-refractivity contribution in [2.24, 2.45) is 10.7 Å². The van der Waals surface area contributed by atoms with Gasteiger partial charge >= 0.3 is 0 Å².